The predicted octanol–water partition coefficient (Wildman–Crippen LogP) is 2.01. The molecule has 0 amide bonds. The second kappa shape index (κ2) is 5.23. The normalized spacial score (nSPS) is 23.3. The summed E-state index contributed by atoms with van der Waals surface area (Å²) in [6.45, 7) is 5.80. The van der Waals surface area contributed by atoms with E-state index in [-0.39, 0.29) is 0 Å². The summed E-state index contributed by atoms with van der Waals surface area (Å²) in [5.74, 6) is 0. The Morgan fingerprint density at radius 2 is 1.94 bits per heavy atom. The maximum Gasteiger partial charge on any atom is 0.0388 e. The van der Waals surface area contributed by atoms with Gasteiger partial charge in [0.05, 0.1) is 0 Å². The van der Waals surface area contributed by atoms with Crippen LogP contribution in [0.1, 0.15) is 37.4 Å². The Morgan fingerprint density at radius 3 is 2.71 bits per heavy atom. The second-order valence-corrected chi connectivity index (χ2v) is 5.37. The van der Waals surface area contributed by atoms with Crippen LogP contribution in [-0.2, 0) is 6.54 Å². The molecule has 3 nitrogen and oxygen atoms in total. The van der Waals surface area contributed by atoms with Gasteiger partial charge in [-0.05, 0) is 25.0 Å². The van der Waals surface area contributed by atoms with E-state index in [0.29, 0.717) is 0 Å². The summed E-state index contributed by atoms with van der Waals surface area (Å²) in [4.78, 5) is 2.57. The molecule has 0 radical (unpaired) electrons. The van der Waals surface area contributed by atoms with E-state index in [2.05, 4.69) is 33.1 Å². The lowest BCUT2D eigenvalue weighted by Gasteiger charge is -2.28. The quantitative estimate of drug-likeness (QED) is 0.862. The van der Waals surface area contributed by atoms with Crippen molar-refractivity contribution < 1.29 is 0 Å². The molecule has 3 heteroatoms. The van der Waals surface area contributed by atoms with Gasteiger partial charge in [0, 0.05) is 50.7 Å². The Bertz CT molecular complexity index is 346. The highest BCUT2D eigenvalue weighted by Gasteiger charge is 2.19. The van der Waals surface area contributed by atoms with Crippen molar-refractivity contribution in [2.24, 2.45) is 0 Å². The van der Waals surface area contributed by atoms with Crippen molar-refractivity contribution in [1.82, 2.24) is 14.8 Å². The summed E-state index contributed by atoms with van der Waals surface area (Å²) in [6, 6.07) is 5.30. The molecule has 3 rings (SSSR count). The monoisotopic (exact) mass is 233 g/mol. The van der Waals surface area contributed by atoms with Crippen LogP contribution in [0, 0.1) is 0 Å². The molecule has 2 heterocycles. The van der Waals surface area contributed by atoms with Gasteiger partial charge in [0.15, 0.2) is 0 Å². The maximum absolute atomic E-state index is 3.42. The first-order valence-corrected chi connectivity index (χ1v) is 7.02. The summed E-state index contributed by atoms with van der Waals surface area (Å²) in [5.41, 5.74) is 1.51. The molecule has 0 bridgehead atoms. The third kappa shape index (κ3) is 2.55. The Morgan fingerprint density at radius 1 is 1.18 bits per heavy atom. The maximum atomic E-state index is 3.42. The molecule has 94 valence electrons. The summed E-state index contributed by atoms with van der Waals surface area (Å²) in [7, 11) is 0. The molecule has 1 aliphatic carbocycles. The van der Waals surface area contributed by atoms with Gasteiger partial charge in [-0.3, -0.25) is 4.90 Å². The van der Waals surface area contributed by atoms with Gasteiger partial charge in [-0.15, -0.1) is 0 Å². The van der Waals surface area contributed by atoms with Gasteiger partial charge in [-0.2, -0.15) is 0 Å². The molecule has 2 fully saturated rings. The number of aromatic nitrogens is 1. The molecule has 0 atom stereocenters. The standard InChI is InChI=1S/C14H23N3/c1-2-5-13(4-1)17-9-3-6-14(17)12-16-10-7-15-8-11-16/h3,6,9,13,15H,1-2,4-5,7-8,10-12H2. The molecular formula is C14H23N3. The molecule has 1 saturated heterocycles. The van der Waals surface area contributed by atoms with Gasteiger partial charge >= 0.3 is 0 Å². The highest BCUT2D eigenvalue weighted by atomic mass is 15.2. The van der Waals surface area contributed by atoms with E-state index in [0.717, 1.165) is 25.7 Å². The smallest absolute Gasteiger partial charge is 0.0388 e. The Kier molecular flexibility index (Phi) is 3.48. The first-order valence-electron chi connectivity index (χ1n) is 7.02. The molecule has 1 N–H and O–H groups in total. The van der Waals surface area contributed by atoms with Crippen molar-refractivity contribution in [3.8, 4) is 0 Å². The van der Waals surface area contributed by atoms with Gasteiger partial charge in [-0.25, -0.2) is 0 Å². The zero-order chi connectivity index (χ0) is 11.5. The summed E-state index contributed by atoms with van der Waals surface area (Å²) >= 11 is 0. The third-order valence-electron chi connectivity index (χ3n) is 4.18. The van der Waals surface area contributed by atoms with E-state index in [9.17, 15) is 0 Å². The van der Waals surface area contributed by atoms with Gasteiger partial charge in [-0.1, -0.05) is 12.8 Å². The van der Waals surface area contributed by atoms with Crippen molar-refractivity contribution in [3.05, 3.63) is 24.0 Å². The van der Waals surface area contributed by atoms with E-state index in [1.165, 1.54) is 44.5 Å². The molecule has 0 spiro atoms. The van der Waals surface area contributed by atoms with Crippen LogP contribution >= 0.6 is 0 Å². The molecule has 2 aliphatic rings. The number of nitrogens with one attached hydrogen (secondary N) is 1. The van der Waals surface area contributed by atoms with Crippen LogP contribution in [0.5, 0.6) is 0 Å². The van der Waals surface area contributed by atoms with E-state index in [1.54, 1.807) is 0 Å². The van der Waals surface area contributed by atoms with Crippen molar-refractivity contribution in [3.63, 3.8) is 0 Å². The van der Waals surface area contributed by atoms with Gasteiger partial charge in [0.1, 0.15) is 0 Å². The van der Waals surface area contributed by atoms with Crippen LogP contribution in [0.4, 0.5) is 0 Å². The van der Waals surface area contributed by atoms with Crippen molar-refractivity contribution in [1.29, 1.82) is 0 Å². The Balaban J connectivity index is 1.67. The van der Waals surface area contributed by atoms with Gasteiger partial charge in [0.2, 0.25) is 0 Å². The minimum absolute atomic E-state index is 0.780. The molecule has 1 saturated carbocycles. The largest absolute Gasteiger partial charge is 0.347 e. The fraction of sp³-hybridized carbons (Fsp3) is 0.714. The van der Waals surface area contributed by atoms with E-state index >= 15 is 0 Å². The molecule has 1 aromatic rings. The summed E-state index contributed by atoms with van der Waals surface area (Å²) in [6.07, 6.45) is 7.87. The van der Waals surface area contributed by atoms with Gasteiger partial charge in [0.25, 0.3) is 0 Å². The first-order chi connectivity index (χ1) is 8.43. The number of nitrogens with zero attached hydrogens (tertiary/aromatic N) is 2. The molecule has 0 unspecified atom stereocenters. The highest BCUT2D eigenvalue weighted by molar-refractivity contribution is 5.09. The number of hydrogen-bond donors (Lipinski definition) is 1. The van der Waals surface area contributed by atoms with Crippen LogP contribution in [0.2, 0.25) is 0 Å². The Labute approximate surface area is 104 Å². The topological polar surface area (TPSA) is 20.2 Å². The average Bonchev–Trinajstić information content (AvgIpc) is 3.00. The summed E-state index contributed by atoms with van der Waals surface area (Å²) in [5, 5.41) is 3.42. The van der Waals surface area contributed by atoms with Crippen LogP contribution in [0.3, 0.4) is 0 Å². The molecular weight excluding hydrogens is 210 g/mol. The van der Waals surface area contributed by atoms with Crippen molar-refractivity contribution in [2.45, 2.75) is 38.3 Å². The van der Waals surface area contributed by atoms with Crippen molar-refractivity contribution in [2.75, 3.05) is 26.2 Å². The van der Waals surface area contributed by atoms with Crippen LogP contribution in [0.15, 0.2) is 18.3 Å². The van der Waals surface area contributed by atoms with Crippen LogP contribution < -0.4 is 5.32 Å². The second-order valence-electron chi connectivity index (χ2n) is 5.37. The zero-order valence-corrected chi connectivity index (χ0v) is 10.6. The van der Waals surface area contributed by atoms with E-state index in [4.69, 9.17) is 0 Å². The molecule has 17 heavy (non-hydrogen) atoms. The lowest BCUT2D eigenvalue weighted by molar-refractivity contribution is 0.226. The lowest BCUT2D eigenvalue weighted by atomic mass is 10.2. The Hall–Kier alpha value is -0.800. The van der Waals surface area contributed by atoms with E-state index < -0.39 is 0 Å². The lowest BCUT2D eigenvalue weighted by Crippen LogP contribution is -2.43. The van der Waals surface area contributed by atoms with Crippen molar-refractivity contribution >= 4 is 0 Å². The SMILES string of the molecule is c1cc(CN2CCNCC2)n(C2CCCC2)c1. The summed E-state index contributed by atoms with van der Waals surface area (Å²) < 4.78 is 2.54. The fourth-order valence-electron chi connectivity index (χ4n) is 3.20. The van der Waals surface area contributed by atoms with E-state index in [1.807, 2.05) is 0 Å². The van der Waals surface area contributed by atoms with Crippen LogP contribution in [-0.4, -0.2) is 35.6 Å². The average molecular weight is 233 g/mol. The number of piperazine rings is 1. The highest BCUT2D eigenvalue weighted by Crippen LogP contribution is 2.30. The molecule has 1 aliphatic heterocycles. The molecule has 0 aromatic carbocycles. The fourth-order valence-corrected chi connectivity index (χ4v) is 3.20. The minimum Gasteiger partial charge on any atom is -0.347 e. The van der Waals surface area contributed by atoms with Crippen LogP contribution in [0.25, 0.3) is 0 Å². The first kappa shape index (κ1) is 11.3. The molecule has 1 aromatic heterocycles. The number of hydrogen-bond acceptors (Lipinski definition) is 2. The van der Waals surface area contributed by atoms with Gasteiger partial charge < -0.3 is 9.88 Å². The zero-order valence-electron chi connectivity index (χ0n) is 10.6. The third-order valence-corrected chi connectivity index (χ3v) is 4.18. The predicted molar refractivity (Wildman–Crippen MR) is 70.1 cm³/mol. The minimum atomic E-state index is 0.780. The number of rotatable bonds is 3.